The van der Waals surface area contributed by atoms with Crippen molar-refractivity contribution in [2.45, 2.75) is 44.6 Å². The fraction of sp³-hybridized carbons (Fsp3) is 0.625. The molecule has 3 unspecified atom stereocenters. The molecule has 3 atom stereocenters. The van der Waals surface area contributed by atoms with E-state index < -0.39 is 0 Å². The highest BCUT2D eigenvalue weighted by molar-refractivity contribution is 5.49. The van der Waals surface area contributed by atoms with Crippen LogP contribution in [0.25, 0.3) is 0 Å². The van der Waals surface area contributed by atoms with Crippen molar-refractivity contribution in [1.29, 1.82) is 0 Å². The predicted molar refractivity (Wildman–Crippen MR) is 73.5 cm³/mol. The second-order valence-corrected chi connectivity index (χ2v) is 6.47. The van der Waals surface area contributed by atoms with E-state index >= 15 is 0 Å². The number of aliphatic hydroxyl groups is 1. The van der Waals surface area contributed by atoms with E-state index in [0.717, 1.165) is 30.6 Å². The molecule has 2 N–H and O–H groups in total. The maximum atomic E-state index is 10.2. The number of hydrogen-bond donors (Lipinski definition) is 2. The Bertz CT molecular complexity index is 481. The van der Waals surface area contributed by atoms with Crippen molar-refractivity contribution in [3.63, 3.8) is 0 Å². The molecule has 1 saturated carbocycles. The van der Waals surface area contributed by atoms with Crippen LogP contribution < -0.4 is 4.74 Å². The van der Waals surface area contributed by atoms with Gasteiger partial charge in [0.1, 0.15) is 17.1 Å². The molecule has 0 amide bonds. The minimum atomic E-state index is -0.202. The fourth-order valence-electron chi connectivity index (χ4n) is 3.93. The van der Waals surface area contributed by atoms with E-state index in [9.17, 15) is 10.2 Å². The van der Waals surface area contributed by atoms with E-state index in [1.807, 2.05) is 12.1 Å². The molecule has 2 aliphatic rings. The quantitative estimate of drug-likeness (QED) is 0.817. The lowest BCUT2D eigenvalue weighted by molar-refractivity contribution is -0.0209. The van der Waals surface area contributed by atoms with E-state index in [4.69, 9.17) is 4.74 Å². The van der Waals surface area contributed by atoms with Gasteiger partial charge in [-0.15, -0.1) is 0 Å². The maximum Gasteiger partial charge on any atom is 0.127 e. The summed E-state index contributed by atoms with van der Waals surface area (Å²) in [5.74, 6) is 2.20. The topological polar surface area (TPSA) is 49.7 Å². The summed E-state index contributed by atoms with van der Waals surface area (Å²) in [5, 5.41) is 19.6. The van der Waals surface area contributed by atoms with Crippen LogP contribution in [0.2, 0.25) is 0 Å². The molecule has 1 heterocycles. The van der Waals surface area contributed by atoms with Crippen molar-refractivity contribution in [3.05, 3.63) is 23.8 Å². The van der Waals surface area contributed by atoms with E-state index in [1.165, 1.54) is 0 Å². The molecule has 1 aliphatic heterocycles. The molecular formula is C16H22O3. The van der Waals surface area contributed by atoms with Gasteiger partial charge < -0.3 is 14.9 Å². The minimum absolute atomic E-state index is 0.202. The van der Waals surface area contributed by atoms with Gasteiger partial charge in [-0.3, -0.25) is 0 Å². The number of aromatic hydroxyl groups is 1. The first-order valence-corrected chi connectivity index (χ1v) is 7.14. The summed E-state index contributed by atoms with van der Waals surface area (Å²) < 4.78 is 6.12. The van der Waals surface area contributed by atoms with Gasteiger partial charge in [0.25, 0.3) is 0 Å². The molecule has 0 spiro atoms. The predicted octanol–water partition coefficient (Wildman–Crippen LogP) is 3.06. The molecule has 0 saturated heterocycles. The summed E-state index contributed by atoms with van der Waals surface area (Å²) in [5.41, 5.74) is 0.747. The molecule has 0 bridgehead atoms. The first-order valence-electron chi connectivity index (χ1n) is 7.14. The number of phenols is 1. The third kappa shape index (κ3) is 2.00. The second-order valence-electron chi connectivity index (χ2n) is 6.47. The largest absolute Gasteiger partial charge is 0.508 e. The van der Waals surface area contributed by atoms with Gasteiger partial charge in [0.05, 0.1) is 0 Å². The lowest BCUT2D eigenvalue weighted by atomic mass is 9.64. The van der Waals surface area contributed by atoms with Crippen LogP contribution in [0, 0.1) is 11.8 Å². The monoisotopic (exact) mass is 262 g/mol. The molecule has 1 aliphatic carbocycles. The first kappa shape index (κ1) is 12.8. The van der Waals surface area contributed by atoms with Gasteiger partial charge in [-0.1, -0.05) is 6.07 Å². The summed E-state index contributed by atoms with van der Waals surface area (Å²) in [7, 11) is 0. The van der Waals surface area contributed by atoms with Crippen LogP contribution in [-0.4, -0.2) is 22.4 Å². The average molecular weight is 262 g/mol. The van der Waals surface area contributed by atoms with Gasteiger partial charge in [0.2, 0.25) is 0 Å². The van der Waals surface area contributed by atoms with Gasteiger partial charge in [0, 0.05) is 18.1 Å². The number of benzene rings is 1. The number of ether oxygens (including phenoxy) is 1. The van der Waals surface area contributed by atoms with Gasteiger partial charge >= 0.3 is 0 Å². The molecule has 1 aromatic rings. The zero-order valence-electron chi connectivity index (χ0n) is 11.6. The molecule has 3 heteroatoms. The minimum Gasteiger partial charge on any atom is -0.508 e. The smallest absolute Gasteiger partial charge is 0.127 e. The Morgan fingerprint density at radius 3 is 2.84 bits per heavy atom. The lowest BCUT2D eigenvalue weighted by Crippen LogP contribution is -2.47. The number of phenolic OH excluding ortho intramolecular Hbond substituents is 1. The molecule has 1 fully saturated rings. The lowest BCUT2D eigenvalue weighted by Gasteiger charge is -2.49. The summed E-state index contributed by atoms with van der Waals surface area (Å²) in [6.07, 6.45) is 3.04. The Morgan fingerprint density at radius 1 is 1.32 bits per heavy atom. The number of hydrogen-bond acceptors (Lipinski definition) is 3. The zero-order valence-corrected chi connectivity index (χ0v) is 11.6. The van der Waals surface area contributed by atoms with Crippen molar-refractivity contribution < 1.29 is 14.9 Å². The Morgan fingerprint density at radius 2 is 2.11 bits per heavy atom. The number of aliphatic hydroxyl groups excluding tert-OH is 1. The number of fused-ring (bicyclic) bond motifs is 3. The molecule has 3 nitrogen and oxygen atoms in total. The van der Waals surface area contributed by atoms with Gasteiger partial charge in [-0.2, -0.15) is 0 Å². The third-order valence-corrected chi connectivity index (χ3v) is 4.90. The van der Waals surface area contributed by atoms with Crippen LogP contribution >= 0.6 is 0 Å². The standard InChI is InChI=1S/C16H22O3/c1-16(2)12-7-6-10(9-17)8-11(12)15-13(18)4-3-5-14(15)19-16/h3-5,10-12,17-18H,6-9H2,1-2H3. The Kier molecular flexibility index (Phi) is 2.97. The Labute approximate surface area is 114 Å². The summed E-state index contributed by atoms with van der Waals surface area (Å²) in [4.78, 5) is 0. The van der Waals surface area contributed by atoms with Crippen molar-refractivity contribution in [3.8, 4) is 11.5 Å². The van der Waals surface area contributed by atoms with Crippen LogP contribution in [0.1, 0.15) is 44.6 Å². The molecule has 0 aromatic heterocycles. The van der Waals surface area contributed by atoms with Crippen LogP contribution in [0.5, 0.6) is 11.5 Å². The highest BCUT2D eigenvalue weighted by atomic mass is 16.5. The molecule has 19 heavy (non-hydrogen) atoms. The molecule has 104 valence electrons. The van der Waals surface area contributed by atoms with Crippen molar-refractivity contribution >= 4 is 0 Å². The molecule has 0 radical (unpaired) electrons. The Hall–Kier alpha value is -1.22. The van der Waals surface area contributed by atoms with Gasteiger partial charge in [-0.25, -0.2) is 0 Å². The Balaban J connectivity index is 2.06. The summed E-state index contributed by atoms with van der Waals surface area (Å²) in [6, 6.07) is 5.51. The van der Waals surface area contributed by atoms with Crippen molar-refractivity contribution in [2.75, 3.05) is 6.61 Å². The van der Waals surface area contributed by atoms with Crippen LogP contribution in [-0.2, 0) is 0 Å². The SMILES string of the molecule is CC1(C)Oc2cccc(O)c2C2CC(CO)CCC21. The maximum absolute atomic E-state index is 10.2. The van der Waals surface area contributed by atoms with Crippen LogP contribution in [0.3, 0.4) is 0 Å². The fourth-order valence-corrected chi connectivity index (χ4v) is 3.93. The summed E-state index contributed by atoms with van der Waals surface area (Å²) >= 11 is 0. The molecular weight excluding hydrogens is 240 g/mol. The normalized spacial score (nSPS) is 32.1. The first-order chi connectivity index (χ1) is 9.03. The molecule has 3 rings (SSSR count). The summed E-state index contributed by atoms with van der Waals surface area (Å²) in [6.45, 7) is 4.52. The van der Waals surface area contributed by atoms with Crippen molar-refractivity contribution in [1.82, 2.24) is 0 Å². The highest BCUT2D eigenvalue weighted by Crippen LogP contribution is 2.54. The average Bonchev–Trinajstić information content (AvgIpc) is 2.37. The zero-order chi connectivity index (χ0) is 13.6. The van der Waals surface area contributed by atoms with Gasteiger partial charge in [-0.05, 0) is 57.1 Å². The highest BCUT2D eigenvalue weighted by Gasteiger charge is 2.47. The second kappa shape index (κ2) is 4.41. The number of rotatable bonds is 1. The van der Waals surface area contributed by atoms with Crippen molar-refractivity contribution in [2.24, 2.45) is 11.8 Å². The molecule has 1 aromatic carbocycles. The van der Waals surface area contributed by atoms with Crippen LogP contribution in [0.15, 0.2) is 18.2 Å². The van der Waals surface area contributed by atoms with E-state index in [0.29, 0.717) is 23.5 Å². The van der Waals surface area contributed by atoms with Gasteiger partial charge in [0.15, 0.2) is 0 Å². The van der Waals surface area contributed by atoms with E-state index in [1.54, 1.807) is 6.07 Å². The third-order valence-electron chi connectivity index (χ3n) is 4.90. The van der Waals surface area contributed by atoms with E-state index in [2.05, 4.69) is 13.8 Å². The van der Waals surface area contributed by atoms with E-state index in [-0.39, 0.29) is 12.2 Å². The van der Waals surface area contributed by atoms with Crippen LogP contribution in [0.4, 0.5) is 0 Å².